The van der Waals surface area contributed by atoms with Gasteiger partial charge in [-0.05, 0) is 42.0 Å². The number of esters is 1. The summed E-state index contributed by atoms with van der Waals surface area (Å²) in [6.07, 6.45) is 0. The van der Waals surface area contributed by atoms with E-state index in [-0.39, 0.29) is 0 Å². The second-order valence-electron chi connectivity index (χ2n) is 4.17. The average Bonchev–Trinajstić information content (AvgIpc) is 2.30. The number of ether oxygens (including phenoxy) is 1. The smallest absolute Gasteiger partial charge is 0.338 e. The lowest BCUT2D eigenvalue weighted by Gasteiger charge is -2.09. The molecule has 0 unspecified atom stereocenters. The molecule has 0 radical (unpaired) electrons. The monoisotopic (exact) mass is 242 g/mol. The highest BCUT2D eigenvalue weighted by Crippen LogP contribution is 2.29. The van der Waals surface area contributed by atoms with E-state index in [0.29, 0.717) is 22.7 Å². The molecule has 0 amide bonds. The maximum absolute atomic E-state index is 11.5. The molecule has 0 aromatic heterocycles. The van der Waals surface area contributed by atoms with Crippen LogP contribution in [0.2, 0.25) is 0 Å². The molecule has 0 bridgehead atoms. The van der Waals surface area contributed by atoms with Crippen LogP contribution in [0.1, 0.15) is 6.92 Å². The van der Waals surface area contributed by atoms with Crippen molar-refractivity contribution in [2.75, 3.05) is 11.5 Å². The van der Waals surface area contributed by atoms with Gasteiger partial charge in [0.1, 0.15) is 0 Å². The Labute approximate surface area is 105 Å². The Hall–Kier alpha value is -2.49. The molecule has 0 saturated heterocycles. The average molecular weight is 242 g/mol. The first-order valence-electron chi connectivity index (χ1n) is 5.44. The Kier molecular flexibility index (Phi) is 2.93. The molecule has 0 aliphatic rings. The number of anilines is 2. The molecule has 0 spiro atoms. The quantitative estimate of drug-likeness (QED) is 0.367. The molecule has 2 aromatic carbocycles. The van der Waals surface area contributed by atoms with Crippen molar-refractivity contribution in [2.45, 2.75) is 6.92 Å². The van der Waals surface area contributed by atoms with Gasteiger partial charge in [-0.3, -0.25) is 0 Å². The third-order valence-electron chi connectivity index (χ3n) is 2.54. The molecule has 18 heavy (non-hydrogen) atoms. The summed E-state index contributed by atoms with van der Waals surface area (Å²) in [4.78, 5) is 11.5. The van der Waals surface area contributed by atoms with Crippen LogP contribution in [0.5, 0.6) is 5.75 Å². The molecule has 4 heteroatoms. The van der Waals surface area contributed by atoms with Crippen molar-refractivity contribution < 1.29 is 9.53 Å². The number of nitrogen functional groups attached to an aromatic ring is 2. The molecule has 0 aliphatic heterocycles. The molecule has 0 heterocycles. The molecule has 0 aliphatic carbocycles. The molecular weight excluding hydrogens is 228 g/mol. The van der Waals surface area contributed by atoms with E-state index in [1.54, 1.807) is 31.2 Å². The van der Waals surface area contributed by atoms with E-state index in [1.807, 2.05) is 6.07 Å². The number of fused-ring (bicyclic) bond motifs is 1. The van der Waals surface area contributed by atoms with Crippen LogP contribution in [0.4, 0.5) is 11.4 Å². The Balaban J connectivity index is 2.48. The standard InChI is InChI=1S/C14H14N2O2/c1-8(2)14(17)18-13-7-10-5-11(15)4-3-9(10)6-12(13)16/h3-7H,1,15-16H2,2H3. The van der Waals surface area contributed by atoms with Gasteiger partial charge in [-0.25, -0.2) is 4.79 Å². The third kappa shape index (κ3) is 2.27. The van der Waals surface area contributed by atoms with Gasteiger partial charge in [-0.15, -0.1) is 0 Å². The van der Waals surface area contributed by atoms with Crippen LogP contribution in [0.15, 0.2) is 42.5 Å². The predicted octanol–water partition coefficient (Wildman–Crippen LogP) is 2.49. The summed E-state index contributed by atoms with van der Waals surface area (Å²) in [6.45, 7) is 5.10. The molecule has 2 aromatic rings. The minimum atomic E-state index is -0.495. The molecule has 0 atom stereocenters. The van der Waals surface area contributed by atoms with E-state index in [4.69, 9.17) is 16.2 Å². The molecule has 92 valence electrons. The van der Waals surface area contributed by atoms with E-state index >= 15 is 0 Å². The largest absolute Gasteiger partial charge is 0.421 e. The second-order valence-corrected chi connectivity index (χ2v) is 4.17. The topological polar surface area (TPSA) is 78.3 Å². The van der Waals surface area contributed by atoms with Gasteiger partial charge in [0, 0.05) is 11.3 Å². The summed E-state index contributed by atoms with van der Waals surface area (Å²) in [5, 5.41) is 1.81. The molecule has 4 N–H and O–H groups in total. The Morgan fingerprint density at radius 3 is 2.56 bits per heavy atom. The number of benzene rings is 2. The second kappa shape index (κ2) is 4.41. The number of hydrogen-bond donors (Lipinski definition) is 2. The summed E-state index contributed by atoms with van der Waals surface area (Å²) in [7, 11) is 0. The van der Waals surface area contributed by atoms with E-state index in [0.717, 1.165) is 10.8 Å². The van der Waals surface area contributed by atoms with Crippen molar-refractivity contribution in [3.8, 4) is 5.75 Å². The lowest BCUT2D eigenvalue weighted by Crippen LogP contribution is -2.09. The maximum atomic E-state index is 11.5. The lowest BCUT2D eigenvalue weighted by molar-refractivity contribution is -0.130. The zero-order valence-corrected chi connectivity index (χ0v) is 10.1. The van der Waals surface area contributed by atoms with E-state index < -0.39 is 5.97 Å². The number of rotatable bonds is 2. The van der Waals surface area contributed by atoms with Crippen LogP contribution in [0.25, 0.3) is 10.8 Å². The fraction of sp³-hybridized carbons (Fsp3) is 0.0714. The van der Waals surface area contributed by atoms with Crippen LogP contribution >= 0.6 is 0 Å². The molecule has 0 saturated carbocycles. The van der Waals surface area contributed by atoms with E-state index in [9.17, 15) is 4.79 Å². The van der Waals surface area contributed by atoms with Crippen LogP contribution in [0, 0.1) is 0 Å². The van der Waals surface area contributed by atoms with Crippen molar-refractivity contribution in [3.05, 3.63) is 42.5 Å². The van der Waals surface area contributed by atoms with E-state index in [2.05, 4.69) is 6.58 Å². The maximum Gasteiger partial charge on any atom is 0.338 e. The fourth-order valence-corrected chi connectivity index (χ4v) is 1.59. The minimum Gasteiger partial charge on any atom is -0.421 e. The van der Waals surface area contributed by atoms with Crippen LogP contribution in [-0.4, -0.2) is 5.97 Å². The lowest BCUT2D eigenvalue weighted by atomic mass is 10.1. The van der Waals surface area contributed by atoms with Crippen molar-refractivity contribution >= 4 is 28.1 Å². The summed E-state index contributed by atoms with van der Waals surface area (Å²) in [6, 6.07) is 8.90. The fourth-order valence-electron chi connectivity index (χ4n) is 1.59. The summed E-state index contributed by atoms with van der Waals surface area (Å²) in [5.41, 5.74) is 12.9. The van der Waals surface area contributed by atoms with Gasteiger partial charge in [0.2, 0.25) is 0 Å². The van der Waals surface area contributed by atoms with E-state index in [1.165, 1.54) is 0 Å². The number of carbonyl (C=O) groups excluding carboxylic acids is 1. The highest BCUT2D eigenvalue weighted by molar-refractivity contribution is 5.93. The normalized spacial score (nSPS) is 10.3. The molecular formula is C14H14N2O2. The number of hydrogen-bond acceptors (Lipinski definition) is 4. The molecule has 2 rings (SSSR count). The predicted molar refractivity (Wildman–Crippen MR) is 73.2 cm³/mol. The van der Waals surface area contributed by atoms with Crippen LogP contribution in [0.3, 0.4) is 0 Å². The SMILES string of the molecule is C=C(C)C(=O)Oc1cc2cc(N)ccc2cc1N. The van der Waals surface area contributed by atoms with Crippen molar-refractivity contribution in [3.63, 3.8) is 0 Å². The summed E-state index contributed by atoms with van der Waals surface area (Å²) in [5.74, 6) is -0.175. The van der Waals surface area contributed by atoms with Crippen molar-refractivity contribution in [1.82, 2.24) is 0 Å². The Morgan fingerprint density at radius 1 is 1.17 bits per heavy atom. The van der Waals surface area contributed by atoms with Crippen molar-refractivity contribution in [2.24, 2.45) is 0 Å². The zero-order chi connectivity index (χ0) is 13.3. The number of nitrogens with two attached hydrogens (primary N) is 2. The van der Waals surface area contributed by atoms with Gasteiger partial charge in [0.05, 0.1) is 5.69 Å². The highest BCUT2D eigenvalue weighted by atomic mass is 16.5. The first-order chi connectivity index (χ1) is 8.47. The first-order valence-corrected chi connectivity index (χ1v) is 5.44. The van der Waals surface area contributed by atoms with Crippen LogP contribution in [-0.2, 0) is 4.79 Å². The Morgan fingerprint density at radius 2 is 1.89 bits per heavy atom. The highest BCUT2D eigenvalue weighted by Gasteiger charge is 2.09. The van der Waals surface area contributed by atoms with Gasteiger partial charge >= 0.3 is 5.97 Å². The minimum absolute atomic E-state index is 0.320. The van der Waals surface area contributed by atoms with Gasteiger partial charge in [0.25, 0.3) is 0 Å². The van der Waals surface area contributed by atoms with Gasteiger partial charge in [0.15, 0.2) is 5.75 Å². The molecule has 0 fully saturated rings. The van der Waals surface area contributed by atoms with Crippen molar-refractivity contribution in [1.29, 1.82) is 0 Å². The molecule has 4 nitrogen and oxygen atoms in total. The first kappa shape index (κ1) is 12.0. The van der Waals surface area contributed by atoms with Gasteiger partial charge in [-0.2, -0.15) is 0 Å². The number of carbonyl (C=O) groups is 1. The van der Waals surface area contributed by atoms with Gasteiger partial charge in [-0.1, -0.05) is 12.6 Å². The zero-order valence-electron chi connectivity index (χ0n) is 10.1. The third-order valence-corrected chi connectivity index (χ3v) is 2.54. The summed E-state index contributed by atoms with van der Waals surface area (Å²) < 4.78 is 5.15. The van der Waals surface area contributed by atoms with Gasteiger partial charge < -0.3 is 16.2 Å². The summed E-state index contributed by atoms with van der Waals surface area (Å²) >= 11 is 0. The van der Waals surface area contributed by atoms with Crippen LogP contribution < -0.4 is 16.2 Å². The Bertz CT molecular complexity index is 648.